The summed E-state index contributed by atoms with van der Waals surface area (Å²) < 4.78 is 0. The lowest BCUT2D eigenvalue weighted by Gasteiger charge is -2.29. The van der Waals surface area contributed by atoms with Gasteiger partial charge in [0, 0.05) is 6.04 Å². The lowest BCUT2D eigenvalue weighted by atomic mass is 9.86. The summed E-state index contributed by atoms with van der Waals surface area (Å²) in [7, 11) is 0. The average Bonchev–Trinajstić information content (AvgIpc) is 3.11. The Kier molecular flexibility index (Phi) is 4.96. The SMILES string of the molecule is CC1CCCCC1NC(=O)NC(=O)CN1C(=O)NC2(CCCC2)C1=O. The Hall–Kier alpha value is -2.12. The molecule has 6 amide bonds. The molecule has 0 radical (unpaired) electrons. The first-order valence-corrected chi connectivity index (χ1v) is 9.16. The molecule has 1 aliphatic heterocycles. The van der Waals surface area contributed by atoms with Gasteiger partial charge < -0.3 is 10.6 Å². The number of nitrogens with zero attached hydrogens (tertiary/aromatic N) is 1. The predicted octanol–water partition coefficient (Wildman–Crippen LogP) is 1.26. The Morgan fingerprint density at radius 3 is 2.52 bits per heavy atom. The van der Waals surface area contributed by atoms with E-state index in [1.807, 2.05) is 0 Å². The fourth-order valence-electron chi connectivity index (χ4n) is 4.18. The second-order valence-corrected chi connectivity index (χ2v) is 7.50. The Morgan fingerprint density at radius 2 is 1.84 bits per heavy atom. The minimum absolute atomic E-state index is 0.0556. The van der Waals surface area contributed by atoms with Gasteiger partial charge in [0.1, 0.15) is 12.1 Å². The summed E-state index contributed by atoms with van der Waals surface area (Å²) in [5.41, 5.74) is -0.836. The maximum Gasteiger partial charge on any atom is 0.325 e. The molecule has 8 nitrogen and oxygen atoms in total. The second kappa shape index (κ2) is 7.01. The molecule has 0 aromatic rings. The molecule has 138 valence electrons. The van der Waals surface area contributed by atoms with Gasteiger partial charge in [-0.25, -0.2) is 9.59 Å². The van der Waals surface area contributed by atoms with Crippen molar-refractivity contribution in [3.8, 4) is 0 Å². The number of amides is 6. The van der Waals surface area contributed by atoms with E-state index >= 15 is 0 Å². The van der Waals surface area contributed by atoms with E-state index in [4.69, 9.17) is 0 Å². The van der Waals surface area contributed by atoms with Crippen LogP contribution in [0.5, 0.6) is 0 Å². The summed E-state index contributed by atoms with van der Waals surface area (Å²) in [6.45, 7) is 1.65. The second-order valence-electron chi connectivity index (χ2n) is 7.50. The third-order valence-corrected chi connectivity index (χ3v) is 5.69. The summed E-state index contributed by atoms with van der Waals surface area (Å²) in [4.78, 5) is 49.5. The van der Waals surface area contributed by atoms with Crippen LogP contribution in [0, 0.1) is 5.92 Å². The highest BCUT2D eigenvalue weighted by molar-refractivity contribution is 6.10. The summed E-state index contributed by atoms with van der Waals surface area (Å²) in [5, 5.41) is 7.77. The Labute approximate surface area is 147 Å². The number of carbonyl (C=O) groups excluding carboxylic acids is 4. The van der Waals surface area contributed by atoms with E-state index in [9.17, 15) is 19.2 Å². The van der Waals surface area contributed by atoms with Crippen LogP contribution in [0.3, 0.4) is 0 Å². The summed E-state index contributed by atoms with van der Waals surface area (Å²) in [5.74, 6) is -0.631. The van der Waals surface area contributed by atoms with Crippen molar-refractivity contribution in [3.63, 3.8) is 0 Å². The van der Waals surface area contributed by atoms with Crippen LogP contribution in [0.25, 0.3) is 0 Å². The lowest BCUT2D eigenvalue weighted by Crippen LogP contribution is -2.50. The minimum atomic E-state index is -0.836. The molecule has 8 heteroatoms. The number of rotatable bonds is 3. The van der Waals surface area contributed by atoms with Crippen molar-refractivity contribution < 1.29 is 19.2 Å². The Balaban J connectivity index is 1.51. The summed E-state index contributed by atoms with van der Waals surface area (Å²) in [6, 6.07) is -1.06. The molecule has 3 fully saturated rings. The van der Waals surface area contributed by atoms with E-state index in [0.717, 1.165) is 43.4 Å². The van der Waals surface area contributed by atoms with E-state index in [0.29, 0.717) is 18.8 Å². The van der Waals surface area contributed by atoms with Crippen LogP contribution in [0.4, 0.5) is 9.59 Å². The number of imide groups is 2. The molecule has 2 atom stereocenters. The molecule has 25 heavy (non-hydrogen) atoms. The largest absolute Gasteiger partial charge is 0.335 e. The summed E-state index contributed by atoms with van der Waals surface area (Å²) in [6.07, 6.45) is 7.16. The van der Waals surface area contributed by atoms with Crippen LogP contribution in [-0.2, 0) is 9.59 Å². The van der Waals surface area contributed by atoms with Crippen LogP contribution < -0.4 is 16.0 Å². The zero-order valence-electron chi connectivity index (χ0n) is 14.6. The van der Waals surface area contributed by atoms with E-state index in [-0.39, 0.29) is 11.9 Å². The normalized spacial score (nSPS) is 28.1. The number of nitrogens with one attached hydrogen (secondary N) is 3. The molecule has 2 unspecified atom stereocenters. The fourth-order valence-corrected chi connectivity index (χ4v) is 4.18. The smallest absolute Gasteiger partial charge is 0.325 e. The highest BCUT2D eigenvalue weighted by Gasteiger charge is 2.52. The van der Waals surface area contributed by atoms with Gasteiger partial charge in [0.15, 0.2) is 0 Å². The molecule has 0 bridgehead atoms. The molecular formula is C17H26N4O4. The van der Waals surface area contributed by atoms with Gasteiger partial charge in [0.05, 0.1) is 0 Å². The van der Waals surface area contributed by atoms with Crippen molar-refractivity contribution in [1.82, 2.24) is 20.9 Å². The first-order chi connectivity index (χ1) is 11.9. The third-order valence-electron chi connectivity index (χ3n) is 5.69. The number of hydrogen-bond donors (Lipinski definition) is 3. The molecule has 1 saturated heterocycles. The summed E-state index contributed by atoms with van der Waals surface area (Å²) >= 11 is 0. The van der Waals surface area contributed by atoms with Crippen LogP contribution in [0.15, 0.2) is 0 Å². The van der Waals surface area contributed by atoms with Crippen molar-refractivity contribution in [2.75, 3.05) is 6.54 Å². The van der Waals surface area contributed by atoms with E-state index in [1.165, 1.54) is 0 Å². The Bertz CT molecular complexity index is 585. The first-order valence-electron chi connectivity index (χ1n) is 9.16. The van der Waals surface area contributed by atoms with Crippen molar-refractivity contribution in [3.05, 3.63) is 0 Å². The number of carbonyl (C=O) groups is 4. The van der Waals surface area contributed by atoms with Gasteiger partial charge in [-0.15, -0.1) is 0 Å². The maximum absolute atomic E-state index is 12.5. The van der Waals surface area contributed by atoms with Crippen LogP contribution in [0.1, 0.15) is 58.3 Å². The predicted molar refractivity (Wildman–Crippen MR) is 89.5 cm³/mol. The van der Waals surface area contributed by atoms with E-state index in [1.54, 1.807) is 0 Å². The quantitative estimate of drug-likeness (QED) is 0.666. The van der Waals surface area contributed by atoms with Gasteiger partial charge in [-0.2, -0.15) is 0 Å². The highest BCUT2D eigenvalue weighted by atomic mass is 16.2. The van der Waals surface area contributed by atoms with Crippen molar-refractivity contribution in [2.24, 2.45) is 5.92 Å². The lowest BCUT2D eigenvalue weighted by molar-refractivity contribution is -0.134. The number of urea groups is 2. The molecule has 2 saturated carbocycles. The van der Waals surface area contributed by atoms with E-state index < -0.39 is 30.1 Å². The van der Waals surface area contributed by atoms with Gasteiger partial charge in [-0.05, 0) is 31.6 Å². The molecule has 2 aliphatic carbocycles. The molecule has 3 aliphatic rings. The average molecular weight is 350 g/mol. The fraction of sp³-hybridized carbons (Fsp3) is 0.765. The molecule has 3 rings (SSSR count). The van der Waals surface area contributed by atoms with Crippen LogP contribution in [-0.4, -0.2) is 46.9 Å². The maximum atomic E-state index is 12.5. The van der Waals surface area contributed by atoms with E-state index in [2.05, 4.69) is 22.9 Å². The van der Waals surface area contributed by atoms with Crippen molar-refractivity contribution in [1.29, 1.82) is 0 Å². The third kappa shape index (κ3) is 3.62. The molecule has 1 spiro atoms. The van der Waals surface area contributed by atoms with Crippen molar-refractivity contribution >= 4 is 23.9 Å². The van der Waals surface area contributed by atoms with Gasteiger partial charge in [-0.3, -0.25) is 19.8 Å². The molecule has 0 aromatic carbocycles. The molecule has 0 aromatic heterocycles. The monoisotopic (exact) mass is 350 g/mol. The standard InChI is InChI=1S/C17H26N4O4/c1-11-6-2-3-7-12(11)18-15(24)19-13(22)10-21-14(23)17(20-16(21)25)8-4-5-9-17/h11-12H,2-10H2,1H3,(H,20,25)(H2,18,19,22,24). The van der Waals surface area contributed by atoms with Crippen LogP contribution >= 0.6 is 0 Å². The number of hydrogen-bond acceptors (Lipinski definition) is 4. The van der Waals surface area contributed by atoms with Gasteiger partial charge in [0.2, 0.25) is 5.91 Å². The van der Waals surface area contributed by atoms with Gasteiger partial charge >= 0.3 is 12.1 Å². The van der Waals surface area contributed by atoms with Gasteiger partial charge in [-0.1, -0.05) is 32.6 Å². The molecule has 3 N–H and O–H groups in total. The topological polar surface area (TPSA) is 108 Å². The Morgan fingerprint density at radius 1 is 1.16 bits per heavy atom. The first kappa shape index (κ1) is 17.7. The molecule has 1 heterocycles. The molecular weight excluding hydrogens is 324 g/mol. The highest BCUT2D eigenvalue weighted by Crippen LogP contribution is 2.34. The van der Waals surface area contributed by atoms with Crippen molar-refractivity contribution in [2.45, 2.75) is 69.9 Å². The zero-order valence-corrected chi connectivity index (χ0v) is 14.6. The van der Waals surface area contributed by atoms with Gasteiger partial charge in [0.25, 0.3) is 5.91 Å². The zero-order chi connectivity index (χ0) is 18.0. The minimum Gasteiger partial charge on any atom is -0.335 e. The van der Waals surface area contributed by atoms with Crippen LogP contribution in [0.2, 0.25) is 0 Å².